The molecule has 0 saturated carbocycles. The maximum absolute atomic E-state index is 12.8. The lowest BCUT2D eigenvalue weighted by Gasteiger charge is -2.29. The number of rotatable bonds is 5. The van der Waals surface area contributed by atoms with E-state index in [-0.39, 0.29) is 16.5 Å². The van der Waals surface area contributed by atoms with Crippen LogP contribution < -0.4 is 10.5 Å². The van der Waals surface area contributed by atoms with E-state index >= 15 is 0 Å². The number of sulfonamides is 1. The van der Waals surface area contributed by atoms with E-state index in [9.17, 15) is 13.2 Å². The van der Waals surface area contributed by atoms with Crippen LogP contribution in [0, 0.1) is 0 Å². The number of carbonyl (C=O) groups is 1. The lowest BCUT2D eigenvalue weighted by molar-refractivity contribution is 0.0869. The number of ether oxygens (including phenoxy) is 1. The Morgan fingerprint density at radius 2 is 2.08 bits per heavy atom. The van der Waals surface area contributed by atoms with Gasteiger partial charge in [-0.25, -0.2) is 13.6 Å². The summed E-state index contributed by atoms with van der Waals surface area (Å²) in [4.78, 5) is 12.7. The summed E-state index contributed by atoms with van der Waals surface area (Å²) >= 11 is 5.93. The summed E-state index contributed by atoms with van der Waals surface area (Å²) in [6.45, 7) is 0.928. The fourth-order valence-electron chi connectivity index (χ4n) is 3.10. The summed E-state index contributed by atoms with van der Waals surface area (Å²) in [6.07, 6.45) is 2.57. The Kier molecular flexibility index (Phi) is 5.12. The molecule has 1 amide bonds. The fraction of sp³-hybridized carbons (Fsp3) is 0.353. The van der Waals surface area contributed by atoms with E-state index in [4.69, 9.17) is 21.5 Å². The summed E-state index contributed by atoms with van der Waals surface area (Å²) in [5.41, 5.74) is 0.686. The third-order valence-electron chi connectivity index (χ3n) is 4.48. The van der Waals surface area contributed by atoms with Gasteiger partial charge in [0, 0.05) is 24.9 Å². The van der Waals surface area contributed by atoms with Crippen LogP contribution in [0.25, 0.3) is 0 Å². The number of aryl methyl sites for hydroxylation is 1. The Bertz CT molecular complexity index is 916. The highest BCUT2D eigenvalue weighted by Crippen LogP contribution is 2.25. The molecule has 2 heterocycles. The number of hydrogen-bond acceptors (Lipinski definition) is 4. The van der Waals surface area contributed by atoms with E-state index < -0.39 is 15.6 Å². The Morgan fingerprint density at radius 3 is 2.62 bits per heavy atom. The standard InChI is InChI=1S/C17H20ClN3O4S/c1-21-10-14(26(19,23)24)8-15(21)16(22)20-17(6-7-25-11-17)9-12-2-4-13(18)5-3-12/h2-5,8,10H,6-7,9,11H2,1H3,(H,20,22)(H2,19,23,24). The number of carbonyl (C=O) groups excluding carboxylic acids is 1. The number of amides is 1. The van der Waals surface area contributed by atoms with Crippen LogP contribution in [0.2, 0.25) is 5.02 Å². The van der Waals surface area contributed by atoms with Gasteiger partial charge in [-0.15, -0.1) is 0 Å². The van der Waals surface area contributed by atoms with Crippen molar-refractivity contribution >= 4 is 27.5 Å². The molecule has 1 fully saturated rings. The maximum Gasteiger partial charge on any atom is 0.268 e. The molecule has 1 aliphatic heterocycles. The number of halogens is 1. The molecule has 0 bridgehead atoms. The molecule has 1 aliphatic rings. The molecule has 3 N–H and O–H groups in total. The van der Waals surface area contributed by atoms with E-state index in [2.05, 4.69) is 5.32 Å². The van der Waals surface area contributed by atoms with Crippen molar-refractivity contribution < 1.29 is 17.9 Å². The molecule has 1 aromatic heterocycles. The van der Waals surface area contributed by atoms with Gasteiger partial charge in [0.15, 0.2) is 0 Å². The van der Waals surface area contributed by atoms with Crippen molar-refractivity contribution in [1.29, 1.82) is 0 Å². The number of nitrogens with zero attached hydrogens (tertiary/aromatic N) is 1. The second-order valence-electron chi connectivity index (χ2n) is 6.56. The molecule has 1 aromatic carbocycles. The second kappa shape index (κ2) is 7.03. The van der Waals surface area contributed by atoms with Gasteiger partial charge in [0.2, 0.25) is 10.0 Å². The quantitative estimate of drug-likeness (QED) is 0.796. The molecule has 2 aromatic rings. The molecule has 1 saturated heterocycles. The minimum Gasteiger partial charge on any atom is -0.379 e. The van der Waals surface area contributed by atoms with Crippen LogP contribution >= 0.6 is 11.6 Å². The number of aromatic nitrogens is 1. The normalized spacial score (nSPS) is 20.3. The Hall–Kier alpha value is -1.87. The van der Waals surface area contributed by atoms with Gasteiger partial charge >= 0.3 is 0 Å². The van der Waals surface area contributed by atoms with Gasteiger partial charge in [-0.3, -0.25) is 4.79 Å². The van der Waals surface area contributed by atoms with Crippen molar-refractivity contribution in [2.24, 2.45) is 12.2 Å². The minimum atomic E-state index is -3.87. The third kappa shape index (κ3) is 4.09. The van der Waals surface area contributed by atoms with Crippen molar-refractivity contribution in [3.05, 3.63) is 52.8 Å². The van der Waals surface area contributed by atoms with Gasteiger partial charge in [-0.1, -0.05) is 23.7 Å². The van der Waals surface area contributed by atoms with Crippen LogP contribution in [0.3, 0.4) is 0 Å². The van der Waals surface area contributed by atoms with Crippen LogP contribution in [0.5, 0.6) is 0 Å². The first-order valence-electron chi connectivity index (χ1n) is 8.02. The number of primary sulfonamides is 1. The topological polar surface area (TPSA) is 103 Å². The predicted molar refractivity (Wildman–Crippen MR) is 97.6 cm³/mol. The monoisotopic (exact) mass is 397 g/mol. The highest BCUT2D eigenvalue weighted by molar-refractivity contribution is 7.89. The van der Waals surface area contributed by atoms with E-state index in [0.717, 1.165) is 5.56 Å². The fourth-order valence-corrected chi connectivity index (χ4v) is 3.81. The van der Waals surface area contributed by atoms with Gasteiger partial charge in [-0.05, 0) is 36.6 Å². The summed E-state index contributed by atoms with van der Waals surface area (Å²) in [7, 11) is -2.27. The van der Waals surface area contributed by atoms with Gasteiger partial charge in [0.05, 0.1) is 12.1 Å². The van der Waals surface area contributed by atoms with Crippen molar-refractivity contribution in [2.75, 3.05) is 13.2 Å². The molecular formula is C17H20ClN3O4S. The summed E-state index contributed by atoms with van der Waals surface area (Å²) in [5.74, 6) is -0.373. The Morgan fingerprint density at radius 1 is 1.38 bits per heavy atom. The first-order chi connectivity index (χ1) is 12.2. The molecular weight excluding hydrogens is 378 g/mol. The molecule has 26 heavy (non-hydrogen) atoms. The molecule has 0 aliphatic carbocycles. The zero-order chi connectivity index (χ0) is 18.9. The Balaban J connectivity index is 1.83. The highest BCUT2D eigenvalue weighted by Gasteiger charge is 2.37. The maximum atomic E-state index is 12.8. The average molecular weight is 398 g/mol. The predicted octanol–water partition coefficient (Wildman–Crippen LogP) is 1.46. The number of nitrogens with two attached hydrogens (primary N) is 1. The first-order valence-corrected chi connectivity index (χ1v) is 9.95. The molecule has 9 heteroatoms. The lowest BCUT2D eigenvalue weighted by atomic mass is 9.89. The van der Waals surface area contributed by atoms with Gasteiger partial charge < -0.3 is 14.6 Å². The van der Waals surface area contributed by atoms with E-state index in [1.54, 1.807) is 19.2 Å². The zero-order valence-electron chi connectivity index (χ0n) is 14.2. The SMILES string of the molecule is Cn1cc(S(N)(=O)=O)cc1C(=O)NC1(Cc2ccc(Cl)cc2)CCOC1. The molecule has 3 rings (SSSR count). The van der Waals surface area contributed by atoms with Crippen LogP contribution in [0.15, 0.2) is 41.4 Å². The van der Waals surface area contributed by atoms with Gasteiger partial charge in [-0.2, -0.15) is 0 Å². The van der Waals surface area contributed by atoms with Crippen LogP contribution in [0.1, 0.15) is 22.5 Å². The van der Waals surface area contributed by atoms with Gasteiger partial charge in [0.25, 0.3) is 5.91 Å². The first kappa shape index (κ1) is 18.9. The lowest BCUT2D eigenvalue weighted by Crippen LogP contribution is -2.51. The van der Waals surface area contributed by atoms with Crippen molar-refractivity contribution in [1.82, 2.24) is 9.88 Å². The van der Waals surface area contributed by atoms with Crippen molar-refractivity contribution in [2.45, 2.75) is 23.3 Å². The number of hydrogen-bond donors (Lipinski definition) is 2. The summed E-state index contributed by atoms with van der Waals surface area (Å²) in [6, 6.07) is 8.71. The summed E-state index contributed by atoms with van der Waals surface area (Å²) in [5, 5.41) is 8.81. The molecule has 140 valence electrons. The second-order valence-corrected chi connectivity index (χ2v) is 8.56. The zero-order valence-corrected chi connectivity index (χ0v) is 15.8. The molecule has 1 atom stereocenters. The number of benzene rings is 1. The van der Waals surface area contributed by atoms with E-state index in [1.807, 2.05) is 12.1 Å². The third-order valence-corrected chi connectivity index (χ3v) is 5.61. The van der Waals surface area contributed by atoms with Crippen LogP contribution in [-0.2, 0) is 28.2 Å². The minimum absolute atomic E-state index is 0.0976. The highest BCUT2D eigenvalue weighted by atomic mass is 35.5. The molecule has 0 radical (unpaired) electrons. The van der Waals surface area contributed by atoms with Crippen molar-refractivity contribution in [3.63, 3.8) is 0 Å². The van der Waals surface area contributed by atoms with Crippen LogP contribution in [-0.4, -0.2) is 37.6 Å². The number of nitrogens with one attached hydrogen (secondary N) is 1. The van der Waals surface area contributed by atoms with Gasteiger partial charge in [0.1, 0.15) is 10.6 Å². The van der Waals surface area contributed by atoms with E-state index in [0.29, 0.717) is 31.1 Å². The smallest absolute Gasteiger partial charge is 0.268 e. The Labute approximate surface area is 157 Å². The van der Waals surface area contributed by atoms with E-state index in [1.165, 1.54) is 16.8 Å². The molecule has 1 unspecified atom stereocenters. The molecule has 0 spiro atoms. The largest absolute Gasteiger partial charge is 0.379 e. The van der Waals surface area contributed by atoms with Crippen LogP contribution in [0.4, 0.5) is 0 Å². The average Bonchev–Trinajstić information content (AvgIpc) is 3.16. The molecule has 7 nitrogen and oxygen atoms in total. The van der Waals surface area contributed by atoms with Crippen molar-refractivity contribution in [3.8, 4) is 0 Å². The summed E-state index contributed by atoms with van der Waals surface area (Å²) < 4.78 is 30.0.